The van der Waals surface area contributed by atoms with Crippen LogP contribution in [-0.4, -0.2) is 37.5 Å². The molecule has 0 spiro atoms. The molecule has 1 heterocycles. The minimum Gasteiger partial charge on any atom is -0.325 e. The number of anilines is 1. The number of carbonyl (C=O) groups excluding carboxylic acids is 1. The lowest BCUT2D eigenvalue weighted by molar-refractivity contribution is -0.120. The zero-order valence-electron chi connectivity index (χ0n) is 18.1. The molecular weight excluding hydrogens is 396 g/mol. The van der Waals surface area contributed by atoms with Crippen molar-refractivity contribution < 1.29 is 13.2 Å². The van der Waals surface area contributed by atoms with Gasteiger partial charge in [-0.3, -0.25) is 4.79 Å². The van der Waals surface area contributed by atoms with E-state index in [2.05, 4.69) is 17.4 Å². The van der Waals surface area contributed by atoms with Crippen molar-refractivity contribution in [3.05, 3.63) is 64.7 Å². The van der Waals surface area contributed by atoms with E-state index in [0.29, 0.717) is 32.4 Å². The topological polar surface area (TPSA) is 66.5 Å². The highest BCUT2D eigenvalue weighted by molar-refractivity contribution is 7.89. The van der Waals surface area contributed by atoms with E-state index in [0.717, 1.165) is 28.8 Å². The van der Waals surface area contributed by atoms with Gasteiger partial charge in [0.25, 0.3) is 0 Å². The summed E-state index contributed by atoms with van der Waals surface area (Å²) in [5, 5.41) is 3.07. The van der Waals surface area contributed by atoms with Crippen LogP contribution in [0.4, 0.5) is 5.69 Å². The fourth-order valence-electron chi connectivity index (χ4n) is 4.23. The zero-order valence-corrected chi connectivity index (χ0v) is 19.0. The molecule has 0 atom stereocenters. The molecule has 0 saturated carbocycles. The first-order chi connectivity index (χ1) is 14.3. The van der Waals surface area contributed by atoms with E-state index in [1.54, 1.807) is 4.31 Å². The van der Waals surface area contributed by atoms with E-state index in [9.17, 15) is 13.2 Å². The molecule has 1 N–H and O–H groups in total. The summed E-state index contributed by atoms with van der Waals surface area (Å²) in [6.07, 6.45) is 2.49. The lowest BCUT2D eigenvalue weighted by Gasteiger charge is -2.30. The maximum absolute atomic E-state index is 12.8. The largest absolute Gasteiger partial charge is 0.325 e. The molecule has 1 fully saturated rings. The zero-order chi connectivity index (χ0) is 21.7. The van der Waals surface area contributed by atoms with Gasteiger partial charge in [-0.2, -0.15) is 0 Å². The number of amides is 1. The van der Waals surface area contributed by atoms with Gasteiger partial charge in [-0.1, -0.05) is 48.0 Å². The van der Waals surface area contributed by atoms with Gasteiger partial charge in [-0.25, -0.2) is 12.7 Å². The van der Waals surface area contributed by atoms with E-state index < -0.39 is 10.0 Å². The summed E-state index contributed by atoms with van der Waals surface area (Å²) >= 11 is 0. The Bertz CT molecular complexity index is 956. The number of rotatable bonds is 7. The first-order valence-corrected chi connectivity index (χ1v) is 12.3. The Balaban J connectivity index is 1.50. The molecule has 30 heavy (non-hydrogen) atoms. The molecule has 3 rings (SSSR count). The molecule has 0 bridgehead atoms. The predicted molar refractivity (Wildman–Crippen MR) is 122 cm³/mol. The summed E-state index contributed by atoms with van der Waals surface area (Å²) in [5.74, 6) is -0.00685. The van der Waals surface area contributed by atoms with Crippen LogP contribution < -0.4 is 5.32 Å². The minimum absolute atomic E-state index is 0.00817. The predicted octanol–water partition coefficient (Wildman–Crippen LogP) is 4.22. The second kappa shape index (κ2) is 9.75. The number of hydrogen-bond acceptors (Lipinski definition) is 3. The number of nitrogens with one attached hydrogen (secondary N) is 1. The molecule has 1 amide bonds. The molecule has 0 radical (unpaired) electrons. The van der Waals surface area contributed by atoms with Crippen LogP contribution in [0.25, 0.3) is 0 Å². The van der Waals surface area contributed by atoms with Crippen LogP contribution in [0.3, 0.4) is 0 Å². The normalized spacial score (nSPS) is 15.8. The van der Waals surface area contributed by atoms with Crippen molar-refractivity contribution in [3.63, 3.8) is 0 Å². The van der Waals surface area contributed by atoms with Gasteiger partial charge in [0.15, 0.2) is 0 Å². The Hall–Kier alpha value is -2.18. The molecule has 1 saturated heterocycles. The van der Waals surface area contributed by atoms with Gasteiger partial charge in [-0.05, 0) is 63.1 Å². The minimum atomic E-state index is -3.28. The van der Waals surface area contributed by atoms with Crippen LogP contribution >= 0.6 is 0 Å². The van der Waals surface area contributed by atoms with Gasteiger partial charge >= 0.3 is 0 Å². The monoisotopic (exact) mass is 428 g/mol. The molecule has 2 aromatic carbocycles. The highest BCUT2D eigenvalue weighted by Gasteiger charge is 2.31. The van der Waals surface area contributed by atoms with Gasteiger partial charge in [0.05, 0.1) is 5.75 Å². The number of hydrogen-bond donors (Lipinski definition) is 1. The average molecular weight is 429 g/mol. The van der Waals surface area contributed by atoms with Crippen LogP contribution in [0.15, 0.2) is 42.5 Å². The third-order valence-corrected chi connectivity index (χ3v) is 7.81. The van der Waals surface area contributed by atoms with Gasteiger partial charge in [0.1, 0.15) is 0 Å². The molecule has 1 aliphatic rings. The Morgan fingerprint density at radius 3 is 2.23 bits per heavy atom. The van der Waals surface area contributed by atoms with Crippen LogP contribution in [0.5, 0.6) is 0 Å². The summed E-state index contributed by atoms with van der Waals surface area (Å²) < 4.78 is 26.9. The highest BCUT2D eigenvalue weighted by atomic mass is 32.2. The maximum Gasteiger partial charge on any atom is 0.227 e. The van der Waals surface area contributed by atoms with E-state index in [4.69, 9.17) is 0 Å². The van der Waals surface area contributed by atoms with Crippen LogP contribution in [0.1, 0.15) is 41.5 Å². The lowest BCUT2D eigenvalue weighted by atomic mass is 9.96. The Labute approximate surface area is 180 Å². The van der Waals surface area contributed by atoms with E-state index in [1.165, 1.54) is 5.56 Å². The van der Waals surface area contributed by atoms with Crippen molar-refractivity contribution >= 4 is 21.6 Å². The van der Waals surface area contributed by atoms with Gasteiger partial charge in [0, 0.05) is 24.7 Å². The van der Waals surface area contributed by atoms with E-state index in [1.807, 2.05) is 51.1 Å². The van der Waals surface area contributed by atoms with Crippen LogP contribution in [-0.2, 0) is 21.2 Å². The quantitative estimate of drug-likeness (QED) is 0.718. The Morgan fingerprint density at radius 2 is 1.63 bits per heavy atom. The first-order valence-electron chi connectivity index (χ1n) is 10.7. The average Bonchev–Trinajstić information content (AvgIpc) is 2.71. The summed E-state index contributed by atoms with van der Waals surface area (Å²) in [5.41, 5.74) is 5.32. The number of nitrogens with zero attached hydrogens (tertiary/aromatic N) is 1. The van der Waals surface area contributed by atoms with E-state index in [-0.39, 0.29) is 17.6 Å². The van der Waals surface area contributed by atoms with Crippen molar-refractivity contribution in [2.24, 2.45) is 5.92 Å². The van der Waals surface area contributed by atoms with Crippen LogP contribution in [0, 0.1) is 26.7 Å². The molecule has 5 nitrogen and oxygen atoms in total. The van der Waals surface area contributed by atoms with Gasteiger partial charge in [-0.15, -0.1) is 0 Å². The van der Waals surface area contributed by atoms with Crippen molar-refractivity contribution in [3.8, 4) is 0 Å². The maximum atomic E-state index is 12.8. The number of sulfonamides is 1. The van der Waals surface area contributed by atoms with Gasteiger partial charge in [0.2, 0.25) is 15.9 Å². The molecule has 6 heteroatoms. The van der Waals surface area contributed by atoms with Crippen molar-refractivity contribution in [2.45, 2.75) is 46.5 Å². The summed E-state index contributed by atoms with van der Waals surface area (Å²) in [6.45, 7) is 6.87. The van der Waals surface area contributed by atoms with Crippen molar-refractivity contribution in [1.29, 1.82) is 0 Å². The molecule has 0 unspecified atom stereocenters. The fourth-order valence-corrected chi connectivity index (χ4v) is 5.77. The van der Waals surface area contributed by atoms with Crippen molar-refractivity contribution in [2.75, 3.05) is 24.2 Å². The fraction of sp³-hybridized carbons (Fsp3) is 0.458. The lowest BCUT2D eigenvalue weighted by Crippen LogP contribution is -2.42. The molecule has 0 aliphatic carbocycles. The number of aryl methyl sites for hydroxylation is 4. The molecule has 162 valence electrons. The third-order valence-electron chi connectivity index (χ3n) is 5.85. The second-order valence-corrected chi connectivity index (χ2v) is 10.4. The number of piperidine rings is 1. The van der Waals surface area contributed by atoms with Gasteiger partial charge < -0.3 is 5.32 Å². The molecular formula is C24H32N2O3S. The Kier molecular flexibility index (Phi) is 7.32. The number of benzene rings is 2. The number of carbonyl (C=O) groups is 1. The third kappa shape index (κ3) is 5.70. The Morgan fingerprint density at radius 1 is 1.03 bits per heavy atom. The van der Waals surface area contributed by atoms with Crippen molar-refractivity contribution in [1.82, 2.24) is 4.31 Å². The SMILES string of the molecule is Cc1cc(C)c(NC(=O)C2CCN(S(=O)(=O)CCCc3ccccc3)CC2)c(C)c1. The standard InChI is InChI=1S/C24H32N2O3S/c1-18-16-19(2)23(20(3)17-18)25-24(27)22-11-13-26(14-12-22)30(28,29)15-7-10-21-8-5-4-6-9-21/h4-6,8-9,16-17,22H,7,10-15H2,1-3H3,(H,25,27). The second-order valence-electron chi connectivity index (χ2n) is 8.34. The highest BCUT2D eigenvalue weighted by Crippen LogP contribution is 2.26. The molecule has 2 aromatic rings. The summed E-state index contributed by atoms with van der Waals surface area (Å²) in [6, 6.07) is 14.1. The van der Waals surface area contributed by atoms with Crippen LogP contribution in [0.2, 0.25) is 0 Å². The molecule has 1 aliphatic heterocycles. The summed E-state index contributed by atoms with van der Waals surface area (Å²) in [4.78, 5) is 12.8. The van der Waals surface area contributed by atoms with E-state index >= 15 is 0 Å². The smallest absolute Gasteiger partial charge is 0.227 e. The summed E-state index contributed by atoms with van der Waals surface area (Å²) in [7, 11) is -3.28. The first kappa shape index (κ1) is 22.5. The molecule has 0 aromatic heterocycles.